The van der Waals surface area contributed by atoms with E-state index < -0.39 is 0 Å². The van der Waals surface area contributed by atoms with E-state index in [1.807, 2.05) is 54.6 Å². The van der Waals surface area contributed by atoms with E-state index >= 15 is 0 Å². The molecule has 0 aliphatic rings. The fourth-order valence-electron chi connectivity index (χ4n) is 2.33. The van der Waals surface area contributed by atoms with Gasteiger partial charge in [0.25, 0.3) is 0 Å². The van der Waals surface area contributed by atoms with E-state index in [0.29, 0.717) is 5.56 Å². The Labute approximate surface area is 117 Å². The molecule has 98 valence electrons. The van der Waals surface area contributed by atoms with Gasteiger partial charge in [0.15, 0.2) is 0 Å². The predicted molar refractivity (Wildman–Crippen MR) is 80.6 cm³/mol. The van der Waals surface area contributed by atoms with Gasteiger partial charge in [0.05, 0.1) is 0 Å². The SMILES string of the molecule is Oc1ccc(O)c(-c2ccccc2-c2ccccc2)c1. The lowest BCUT2D eigenvalue weighted by Crippen LogP contribution is -1.85. The molecule has 2 nitrogen and oxygen atoms in total. The number of rotatable bonds is 2. The molecule has 2 N–H and O–H groups in total. The summed E-state index contributed by atoms with van der Waals surface area (Å²) in [6.45, 7) is 0. The smallest absolute Gasteiger partial charge is 0.123 e. The molecule has 20 heavy (non-hydrogen) atoms. The fourth-order valence-corrected chi connectivity index (χ4v) is 2.33. The predicted octanol–water partition coefficient (Wildman–Crippen LogP) is 4.43. The van der Waals surface area contributed by atoms with Crippen LogP contribution in [0.1, 0.15) is 0 Å². The molecule has 3 rings (SSSR count). The first-order valence-corrected chi connectivity index (χ1v) is 6.42. The highest BCUT2D eigenvalue weighted by atomic mass is 16.3. The molecule has 2 heteroatoms. The minimum atomic E-state index is 0.140. The van der Waals surface area contributed by atoms with Crippen molar-refractivity contribution in [3.63, 3.8) is 0 Å². The highest BCUT2D eigenvalue weighted by Gasteiger charge is 2.10. The van der Waals surface area contributed by atoms with Crippen LogP contribution < -0.4 is 0 Å². The zero-order valence-electron chi connectivity index (χ0n) is 10.8. The van der Waals surface area contributed by atoms with E-state index in [4.69, 9.17) is 0 Å². The van der Waals surface area contributed by atoms with E-state index in [9.17, 15) is 10.2 Å². The highest BCUT2D eigenvalue weighted by molar-refractivity contribution is 5.86. The molecule has 0 aliphatic heterocycles. The molecule has 3 aromatic rings. The zero-order chi connectivity index (χ0) is 13.9. The van der Waals surface area contributed by atoms with Crippen LogP contribution in [0.5, 0.6) is 11.5 Å². The van der Waals surface area contributed by atoms with Crippen LogP contribution in [0.3, 0.4) is 0 Å². The zero-order valence-corrected chi connectivity index (χ0v) is 10.8. The summed E-state index contributed by atoms with van der Waals surface area (Å²) in [5.41, 5.74) is 3.62. The Morgan fingerprint density at radius 1 is 0.550 bits per heavy atom. The summed E-state index contributed by atoms with van der Waals surface area (Å²) >= 11 is 0. The van der Waals surface area contributed by atoms with Gasteiger partial charge in [0.2, 0.25) is 0 Å². The Kier molecular flexibility index (Phi) is 3.13. The van der Waals surface area contributed by atoms with Gasteiger partial charge in [-0.25, -0.2) is 0 Å². The lowest BCUT2D eigenvalue weighted by molar-refractivity contribution is 0.462. The van der Waals surface area contributed by atoms with Crippen LogP contribution in [-0.4, -0.2) is 10.2 Å². The summed E-state index contributed by atoms with van der Waals surface area (Å²) in [5, 5.41) is 19.7. The molecule has 0 bridgehead atoms. The first-order chi connectivity index (χ1) is 9.75. The number of hydrogen-bond acceptors (Lipinski definition) is 2. The van der Waals surface area contributed by atoms with Gasteiger partial charge >= 0.3 is 0 Å². The summed E-state index contributed by atoms with van der Waals surface area (Å²) < 4.78 is 0. The molecule has 0 aromatic heterocycles. The molecule has 0 amide bonds. The van der Waals surface area contributed by atoms with Crippen molar-refractivity contribution >= 4 is 0 Å². The van der Waals surface area contributed by atoms with Crippen LogP contribution in [0.25, 0.3) is 22.3 Å². The largest absolute Gasteiger partial charge is 0.508 e. The summed E-state index contributed by atoms with van der Waals surface area (Å²) in [6, 6.07) is 22.4. The maximum Gasteiger partial charge on any atom is 0.123 e. The highest BCUT2D eigenvalue weighted by Crippen LogP contribution is 2.38. The Balaban J connectivity index is 2.23. The molecule has 0 atom stereocenters. The van der Waals surface area contributed by atoms with E-state index in [-0.39, 0.29) is 11.5 Å². The average molecular weight is 262 g/mol. The first kappa shape index (κ1) is 12.3. The van der Waals surface area contributed by atoms with E-state index in [0.717, 1.165) is 16.7 Å². The number of phenolic OH excluding ortho intramolecular Hbond substituents is 2. The van der Waals surface area contributed by atoms with E-state index in [1.54, 1.807) is 6.07 Å². The summed E-state index contributed by atoms with van der Waals surface area (Å²) in [5.74, 6) is 0.298. The summed E-state index contributed by atoms with van der Waals surface area (Å²) in [7, 11) is 0. The second kappa shape index (κ2) is 5.10. The van der Waals surface area contributed by atoms with Crippen molar-refractivity contribution in [2.24, 2.45) is 0 Å². The number of benzene rings is 3. The van der Waals surface area contributed by atoms with Crippen LogP contribution in [0.2, 0.25) is 0 Å². The maximum atomic E-state index is 10.0. The maximum absolute atomic E-state index is 10.0. The molecular weight excluding hydrogens is 248 g/mol. The van der Waals surface area contributed by atoms with Crippen LogP contribution >= 0.6 is 0 Å². The van der Waals surface area contributed by atoms with Crippen molar-refractivity contribution < 1.29 is 10.2 Å². The minimum absolute atomic E-state index is 0.140. The van der Waals surface area contributed by atoms with Crippen molar-refractivity contribution in [1.82, 2.24) is 0 Å². The second-order valence-electron chi connectivity index (χ2n) is 4.61. The summed E-state index contributed by atoms with van der Waals surface area (Å²) in [4.78, 5) is 0. The van der Waals surface area contributed by atoms with Crippen molar-refractivity contribution in [1.29, 1.82) is 0 Å². The number of aromatic hydroxyl groups is 2. The van der Waals surface area contributed by atoms with Gasteiger partial charge in [-0.3, -0.25) is 0 Å². The average Bonchev–Trinajstić information content (AvgIpc) is 2.51. The minimum Gasteiger partial charge on any atom is -0.508 e. The Morgan fingerprint density at radius 2 is 1.20 bits per heavy atom. The number of phenols is 2. The molecule has 0 spiro atoms. The van der Waals surface area contributed by atoms with Gasteiger partial charge in [-0.2, -0.15) is 0 Å². The van der Waals surface area contributed by atoms with Gasteiger partial charge in [0.1, 0.15) is 11.5 Å². The molecule has 0 heterocycles. The van der Waals surface area contributed by atoms with Crippen molar-refractivity contribution in [2.75, 3.05) is 0 Å². The molecule has 0 radical (unpaired) electrons. The molecule has 0 aliphatic carbocycles. The number of hydrogen-bond donors (Lipinski definition) is 2. The molecule has 3 aromatic carbocycles. The van der Waals surface area contributed by atoms with Crippen LogP contribution in [-0.2, 0) is 0 Å². The standard InChI is InChI=1S/C18H14O2/c19-14-10-11-18(20)17(12-14)16-9-5-4-8-15(16)13-6-2-1-3-7-13/h1-12,19-20H. The van der Waals surface area contributed by atoms with Gasteiger partial charge in [0, 0.05) is 5.56 Å². The Bertz CT molecular complexity index is 733. The van der Waals surface area contributed by atoms with Crippen molar-refractivity contribution in [3.05, 3.63) is 72.8 Å². The Hall–Kier alpha value is -2.74. The Morgan fingerprint density at radius 3 is 1.95 bits per heavy atom. The molecule has 0 saturated heterocycles. The quantitative estimate of drug-likeness (QED) is 0.671. The third kappa shape index (κ3) is 2.24. The molecule has 0 saturated carbocycles. The third-order valence-corrected chi connectivity index (χ3v) is 3.28. The van der Waals surface area contributed by atoms with E-state index in [1.165, 1.54) is 12.1 Å². The normalized spacial score (nSPS) is 10.4. The first-order valence-electron chi connectivity index (χ1n) is 6.42. The van der Waals surface area contributed by atoms with Gasteiger partial charge in [-0.15, -0.1) is 0 Å². The van der Waals surface area contributed by atoms with Gasteiger partial charge in [-0.1, -0.05) is 54.6 Å². The topological polar surface area (TPSA) is 40.5 Å². The monoisotopic (exact) mass is 262 g/mol. The second-order valence-corrected chi connectivity index (χ2v) is 4.61. The molecular formula is C18H14O2. The lowest BCUT2D eigenvalue weighted by Gasteiger charge is -2.11. The van der Waals surface area contributed by atoms with Crippen LogP contribution in [0, 0.1) is 0 Å². The lowest BCUT2D eigenvalue weighted by atomic mass is 9.94. The summed E-state index contributed by atoms with van der Waals surface area (Å²) in [6.07, 6.45) is 0. The van der Waals surface area contributed by atoms with Crippen LogP contribution in [0.4, 0.5) is 0 Å². The van der Waals surface area contributed by atoms with Crippen molar-refractivity contribution in [3.8, 4) is 33.8 Å². The fraction of sp³-hybridized carbons (Fsp3) is 0. The molecule has 0 fully saturated rings. The van der Waals surface area contributed by atoms with Gasteiger partial charge < -0.3 is 10.2 Å². The van der Waals surface area contributed by atoms with Crippen LogP contribution in [0.15, 0.2) is 72.8 Å². The van der Waals surface area contributed by atoms with Gasteiger partial charge in [-0.05, 0) is 34.9 Å². The third-order valence-electron chi connectivity index (χ3n) is 3.28. The van der Waals surface area contributed by atoms with E-state index in [2.05, 4.69) is 0 Å². The molecule has 0 unspecified atom stereocenters. The van der Waals surface area contributed by atoms with Crippen molar-refractivity contribution in [2.45, 2.75) is 0 Å².